The minimum Gasteiger partial charge on any atom is -0.542 e. The number of nitrogens with one attached hydrogen (secondary N) is 1. The van der Waals surface area contributed by atoms with E-state index in [0.717, 1.165) is 0 Å². The molecule has 0 fully saturated rings. The Kier molecular flexibility index (Phi) is 118. The van der Waals surface area contributed by atoms with Crippen molar-refractivity contribution in [3.05, 3.63) is 7.43 Å². The summed E-state index contributed by atoms with van der Waals surface area (Å²) in [5.41, 5.74) is 0. The summed E-state index contributed by atoms with van der Waals surface area (Å²) in [7, 11) is 1.51. The van der Waals surface area contributed by atoms with Crippen LogP contribution in [0.5, 0.6) is 0 Å². The molecule has 0 bridgehead atoms. The van der Waals surface area contributed by atoms with E-state index >= 15 is 0 Å². The minimum absolute atomic E-state index is 0. The van der Waals surface area contributed by atoms with Gasteiger partial charge in [0, 0.05) is 21.1 Å². The van der Waals surface area contributed by atoms with Gasteiger partial charge < -0.3 is 22.3 Å². The SMILES string of the molecule is CN[C-]=O.C[C-]=O.[CH3-].[W]. The van der Waals surface area contributed by atoms with Crippen LogP contribution in [0.4, 0.5) is 0 Å². The first-order valence-corrected chi connectivity index (χ1v) is 1.66. The molecule has 0 aliphatic carbocycles. The van der Waals surface area contributed by atoms with Crippen LogP contribution in [0.1, 0.15) is 6.92 Å². The first-order valence-electron chi connectivity index (χ1n) is 1.66. The van der Waals surface area contributed by atoms with Crippen molar-refractivity contribution in [1.82, 2.24) is 5.32 Å². The Morgan fingerprint density at radius 3 is 1.44 bits per heavy atom. The summed E-state index contributed by atoms with van der Waals surface area (Å²) in [6, 6.07) is 0. The standard InChI is InChI=1S/C2H4NO.C2H3O.CH3.W/c1-3-2-4;1-2-3;;/h1H3,(H,3,4);1H3;1H3;/q3*-1;. The summed E-state index contributed by atoms with van der Waals surface area (Å²) in [6.07, 6.45) is 2.93. The quantitative estimate of drug-likeness (QED) is 0.540. The largest absolute Gasteiger partial charge is 0.542 e. The van der Waals surface area contributed by atoms with Crippen LogP contribution in [0.3, 0.4) is 0 Å². The molecule has 0 spiro atoms. The van der Waals surface area contributed by atoms with Crippen molar-refractivity contribution in [2.45, 2.75) is 6.92 Å². The molecule has 0 heterocycles. The Balaban J connectivity index is -0.0000000233. The topological polar surface area (TPSA) is 46.2 Å². The van der Waals surface area contributed by atoms with Crippen LogP contribution in [0.15, 0.2) is 0 Å². The molecule has 0 aromatic carbocycles. The molecule has 9 heavy (non-hydrogen) atoms. The Morgan fingerprint density at radius 1 is 1.33 bits per heavy atom. The van der Waals surface area contributed by atoms with E-state index in [4.69, 9.17) is 9.59 Å². The fraction of sp³-hybridized carbons (Fsp3) is 0.400. The molecule has 0 aliphatic rings. The molecule has 0 saturated carbocycles. The average molecular weight is 300 g/mol. The van der Waals surface area contributed by atoms with E-state index in [1.807, 2.05) is 0 Å². The van der Waals surface area contributed by atoms with Gasteiger partial charge in [0.25, 0.3) is 0 Å². The van der Waals surface area contributed by atoms with Gasteiger partial charge in [0.1, 0.15) is 0 Å². The van der Waals surface area contributed by atoms with Crippen molar-refractivity contribution in [3.8, 4) is 0 Å². The molecule has 56 valence electrons. The molecule has 3 nitrogen and oxygen atoms in total. The second kappa shape index (κ2) is 45.6. The Morgan fingerprint density at radius 2 is 1.44 bits per heavy atom. The van der Waals surface area contributed by atoms with E-state index < -0.39 is 0 Å². The molecule has 0 aromatic rings. The van der Waals surface area contributed by atoms with Crippen LogP contribution in [0.25, 0.3) is 0 Å². The second-order valence-corrected chi connectivity index (χ2v) is 0.556. The fourth-order valence-corrected chi connectivity index (χ4v) is 0. The van der Waals surface area contributed by atoms with Crippen molar-refractivity contribution >= 4 is 12.7 Å². The summed E-state index contributed by atoms with van der Waals surface area (Å²) in [5.74, 6) is 0. The fourth-order valence-electron chi connectivity index (χ4n) is 0. The summed E-state index contributed by atoms with van der Waals surface area (Å²) in [4.78, 5) is 17.6. The number of rotatable bonds is 1. The predicted octanol–water partition coefficient (Wildman–Crippen LogP) is -0.163. The third-order valence-corrected chi connectivity index (χ3v) is 0.102. The molecule has 0 saturated heterocycles. The molecule has 1 amide bonds. The van der Waals surface area contributed by atoms with Gasteiger partial charge in [-0.2, -0.15) is 13.3 Å². The number of amides is 1. The molecule has 0 rings (SSSR count). The van der Waals surface area contributed by atoms with Crippen molar-refractivity contribution in [2.24, 2.45) is 0 Å². The maximum absolute atomic E-state index is 8.94. The van der Waals surface area contributed by atoms with Crippen molar-refractivity contribution in [3.63, 3.8) is 0 Å². The number of hydrogen-bond donors (Lipinski definition) is 1. The summed E-state index contributed by atoms with van der Waals surface area (Å²) < 4.78 is 0. The van der Waals surface area contributed by atoms with Gasteiger partial charge in [0.2, 0.25) is 0 Å². The zero-order chi connectivity index (χ0) is 6.12. The van der Waals surface area contributed by atoms with Crippen molar-refractivity contribution in [1.29, 1.82) is 0 Å². The normalized spacial score (nSPS) is 3.78. The molecule has 4 heteroatoms. The summed E-state index contributed by atoms with van der Waals surface area (Å²) in [5, 5.41) is 2.12. The Bertz CT molecular complexity index is 50.2. The smallest absolute Gasteiger partial charge is 0 e. The molecule has 1 N–H and O–H groups in total. The third-order valence-electron chi connectivity index (χ3n) is 0.102. The molecule has 0 radical (unpaired) electrons. The maximum Gasteiger partial charge on any atom is 0 e. The third kappa shape index (κ3) is 388. The van der Waals surface area contributed by atoms with Gasteiger partial charge in [-0.1, -0.05) is 0 Å². The molecular weight excluding hydrogens is 290 g/mol. The van der Waals surface area contributed by atoms with Crippen LogP contribution in [0.2, 0.25) is 0 Å². The van der Waals surface area contributed by atoms with E-state index in [1.54, 1.807) is 0 Å². The van der Waals surface area contributed by atoms with Gasteiger partial charge in [-0.3, -0.25) is 6.29 Å². The Labute approximate surface area is 70.5 Å². The molecule has 0 aliphatic heterocycles. The van der Waals surface area contributed by atoms with Gasteiger partial charge in [0.05, 0.1) is 0 Å². The maximum atomic E-state index is 8.94. The molecule has 0 unspecified atom stereocenters. The van der Waals surface area contributed by atoms with Gasteiger partial charge in [0.15, 0.2) is 0 Å². The van der Waals surface area contributed by atoms with Crippen LogP contribution in [0, 0.1) is 7.43 Å². The zero-order valence-corrected chi connectivity index (χ0v) is 8.66. The second-order valence-electron chi connectivity index (χ2n) is 0.556. The average Bonchev–Trinajstić information content (AvgIpc) is 1.69. The van der Waals surface area contributed by atoms with Crippen LogP contribution < -0.4 is 5.32 Å². The van der Waals surface area contributed by atoms with Gasteiger partial charge in [-0.15, -0.1) is 0 Å². The van der Waals surface area contributed by atoms with Crippen LogP contribution in [-0.2, 0) is 30.7 Å². The predicted molar refractivity (Wildman–Crippen MR) is 32.5 cm³/mol. The van der Waals surface area contributed by atoms with Crippen LogP contribution >= 0.6 is 0 Å². The Hall–Kier alpha value is -0.172. The van der Waals surface area contributed by atoms with Crippen LogP contribution in [-0.4, -0.2) is 19.7 Å². The first-order chi connectivity index (χ1) is 3.33. The van der Waals surface area contributed by atoms with Gasteiger partial charge >= 0.3 is 0 Å². The summed E-state index contributed by atoms with van der Waals surface area (Å²) in [6.45, 7) is 1.32. The molecule has 0 atom stereocenters. The first kappa shape index (κ1) is 23.2. The van der Waals surface area contributed by atoms with E-state index in [1.165, 1.54) is 26.7 Å². The van der Waals surface area contributed by atoms with Crippen molar-refractivity contribution < 1.29 is 30.7 Å². The van der Waals surface area contributed by atoms with Crippen molar-refractivity contribution in [2.75, 3.05) is 7.05 Å². The van der Waals surface area contributed by atoms with E-state index in [-0.39, 0.29) is 28.5 Å². The van der Waals surface area contributed by atoms with E-state index in [9.17, 15) is 0 Å². The minimum atomic E-state index is 0. The molecule has 0 aromatic heterocycles. The van der Waals surface area contributed by atoms with E-state index in [0.29, 0.717) is 0 Å². The van der Waals surface area contributed by atoms with E-state index in [2.05, 4.69) is 5.32 Å². The van der Waals surface area contributed by atoms with Gasteiger partial charge in [-0.25, -0.2) is 0 Å². The van der Waals surface area contributed by atoms with Gasteiger partial charge in [-0.05, 0) is 7.05 Å². The number of hydrogen-bond acceptors (Lipinski definition) is 2. The number of carbonyl (C=O) groups excluding carboxylic acids is 2. The molecular formula is C5H10NO2W-3. The monoisotopic (exact) mass is 300 g/mol. The zero-order valence-electron chi connectivity index (χ0n) is 5.72. The summed E-state index contributed by atoms with van der Waals surface area (Å²) >= 11 is 0.